The van der Waals surface area contributed by atoms with E-state index in [1.807, 2.05) is 11.8 Å². The molecule has 1 aromatic heterocycles. The molecule has 2 amide bonds. The van der Waals surface area contributed by atoms with Crippen LogP contribution in [-0.4, -0.2) is 66.3 Å². The van der Waals surface area contributed by atoms with Crippen LogP contribution in [0.2, 0.25) is 0 Å². The van der Waals surface area contributed by atoms with Gasteiger partial charge in [-0.3, -0.25) is 14.5 Å². The van der Waals surface area contributed by atoms with Crippen molar-refractivity contribution in [1.82, 2.24) is 14.7 Å². The van der Waals surface area contributed by atoms with Crippen LogP contribution < -0.4 is 0 Å². The van der Waals surface area contributed by atoms with Crippen molar-refractivity contribution in [3.63, 3.8) is 0 Å². The summed E-state index contributed by atoms with van der Waals surface area (Å²) in [5.74, 6) is 0.957. The van der Waals surface area contributed by atoms with Crippen LogP contribution in [0, 0.1) is 19.7 Å². The summed E-state index contributed by atoms with van der Waals surface area (Å²) in [6.07, 6.45) is 0. The average Bonchev–Trinajstić information content (AvgIpc) is 3.01. The molecule has 6 nitrogen and oxygen atoms in total. The van der Waals surface area contributed by atoms with Crippen LogP contribution in [0.25, 0.3) is 0 Å². The first kappa shape index (κ1) is 20.1. The van der Waals surface area contributed by atoms with E-state index in [4.69, 9.17) is 4.42 Å². The standard InChI is InChI=1S/C21H26FN3O3/c1-15-12-18(16(2)28-15)21(27)25-10-8-24(9-11-25)14-20(26)23(3)13-17-6-4-5-7-19(17)22/h4-7,12H,8-11,13-14H2,1-3H3. The molecule has 0 aliphatic carbocycles. The Balaban J connectivity index is 1.49. The van der Waals surface area contributed by atoms with Gasteiger partial charge in [0.25, 0.3) is 5.91 Å². The molecule has 0 radical (unpaired) electrons. The second kappa shape index (κ2) is 8.56. The summed E-state index contributed by atoms with van der Waals surface area (Å²) in [5.41, 5.74) is 1.10. The lowest BCUT2D eigenvalue weighted by Crippen LogP contribution is -2.51. The lowest BCUT2D eigenvalue weighted by Gasteiger charge is -2.35. The molecule has 1 saturated heterocycles. The van der Waals surface area contributed by atoms with E-state index in [0.717, 1.165) is 5.76 Å². The molecule has 0 atom stereocenters. The summed E-state index contributed by atoms with van der Waals surface area (Å²) in [5, 5.41) is 0. The summed E-state index contributed by atoms with van der Waals surface area (Å²) < 4.78 is 19.2. The third kappa shape index (κ3) is 4.59. The predicted octanol–water partition coefficient (Wildman–Crippen LogP) is 2.45. The van der Waals surface area contributed by atoms with E-state index in [1.165, 1.54) is 11.0 Å². The van der Waals surface area contributed by atoms with Crippen molar-refractivity contribution in [3.8, 4) is 0 Å². The maximum absolute atomic E-state index is 13.8. The largest absolute Gasteiger partial charge is 0.466 e. The van der Waals surface area contributed by atoms with Gasteiger partial charge in [0.1, 0.15) is 17.3 Å². The first-order chi connectivity index (χ1) is 13.3. The highest BCUT2D eigenvalue weighted by Gasteiger charge is 2.26. The minimum Gasteiger partial charge on any atom is -0.466 e. The summed E-state index contributed by atoms with van der Waals surface area (Å²) in [7, 11) is 1.68. The molecule has 0 spiro atoms. The number of benzene rings is 1. The Kier molecular flexibility index (Phi) is 6.14. The molecule has 3 rings (SSSR count). The number of hydrogen-bond acceptors (Lipinski definition) is 4. The third-order valence-electron chi connectivity index (χ3n) is 5.08. The zero-order chi connectivity index (χ0) is 20.3. The van der Waals surface area contributed by atoms with E-state index >= 15 is 0 Å². The van der Waals surface area contributed by atoms with Gasteiger partial charge in [0.05, 0.1) is 12.1 Å². The van der Waals surface area contributed by atoms with Gasteiger partial charge in [-0.15, -0.1) is 0 Å². The smallest absolute Gasteiger partial charge is 0.257 e. The lowest BCUT2D eigenvalue weighted by molar-refractivity contribution is -0.132. The third-order valence-corrected chi connectivity index (χ3v) is 5.08. The molecule has 1 aliphatic heterocycles. The summed E-state index contributed by atoms with van der Waals surface area (Å²) in [4.78, 5) is 30.5. The number of likely N-dealkylation sites (N-methyl/N-ethyl adjacent to an activating group) is 1. The maximum atomic E-state index is 13.8. The maximum Gasteiger partial charge on any atom is 0.257 e. The van der Waals surface area contributed by atoms with Gasteiger partial charge < -0.3 is 14.2 Å². The molecular formula is C21H26FN3O3. The van der Waals surface area contributed by atoms with Crippen LogP contribution in [0.5, 0.6) is 0 Å². The highest BCUT2D eigenvalue weighted by atomic mass is 19.1. The number of nitrogens with zero attached hydrogens (tertiary/aromatic N) is 3. The van der Waals surface area contributed by atoms with Crippen molar-refractivity contribution in [3.05, 3.63) is 58.8 Å². The van der Waals surface area contributed by atoms with E-state index < -0.39 is 0 Å². The van der Waals surface area contributed by atoms with Gasteiger partial charge in [-0.25, -0.2) is 4.39 Å². The Hall–Kier alpha value is -2.67. The highest BCUT2D eigenvalue weighted by Crippen LogP contribution is 2.17. The molecule has 7 heteroatoms. The van der Waals surface area contributed by atoms with Crippen LogP contribution in [0.15, 0.2) is 34.7 Å². The fourth-order valence-electron chi connectivity index (χ4n) is 3.40. The number of carbonyl (C=O) groups excluding carboxylic acids is 2. The number of aryl methyl sites for hydroxylation is 2. The minimum atomic E-state index is -0.306. The molecule has 0 N–H and O–H groups in total. The molecule has 2 aromatic rings. The zero-order valence-electron chi connectivity index (χ0n) is 16.6. The van der Waals surface area contributed by atoms with Crippen LogP contribution in [0.1, 0.15) is 27.4 Å². The first-order valence-electron chi connectivity index (χ1n) is 9.41. The fourth-order valence-corrected chi connectivity index (χ4v) is 3.40. The van der Waals surface area contributed by atoms with Gasteiger partial charge in [0.15, 0.2) is 0 Å². The topological polar surface area (TPSA) is 57.0 Å². The SMILES string of the molecule is Cc1cc(C(=O)N2CCN(CC(=O)N(C)Cc3ccccc3F)CC2)c(C)o1. The Bertz CT molecular complexity index is 856. The molecule has 1 fully saturated rings. The molecule has 0 saturated carbocycles. The summed E-state index contributed by atoms with van der Waals surface area (Å²) in [6.45, 7) is 6.49. The Morgan fingerprint density at radius 2 is 1.82 bits per heavy atom. The van der Waals surface area contributed by atoms with Crippen LogP contribution in [0.3, 0.4) is 0 Å². The summed E-state index contributed by atoms with van der Waals surface area (Å²) >= 11 is 0. The van der Waals surface area contributed by atoms with Crippen LogP contribution in [0.4, 0.5) is 4.39 Å². The number of amides is 2. The number of furan rings is 1. The number of rotatable bonds is 5. The quantitative estimate of drug-likeness (QED) is 0.791. The fraction of sp³-hybridized carbons (Fsp3) is 0.429. The van der Waals surface area contributed by atoms with Crippen LogP contribution >= 0.6 is 0 Å². The predicted molar refractivity (Wildman–Crippen MR) is 103 cm³/mol. The van der Waals surface area contributed by atoms with E-state index in [-0.39, 0.29) is 30.7 Å². The van der Waals surface area contributed by atoms with Gasteiger partial charge in [-0.2, -0.15) is 0 Å². The highest BCUT2D eigenvalue weighted by molar-refractivity contribution is 5.95. The van der Waals surface area contributed by atoms with Gasteiger partial charge >= 0.3 is 0 Å². The van der Waals surface area contributed by atoms with Crippen molar-refractivity contribution >= 4 is 11.8 Å². The Morgan fingerprint density at radius 1 is 1.14 bits per heavy atom. The van der Waals surface area contributed by atoms with Crippen molar-refractivity contribution in [1.29, 1.82) is 0 Å². The van der Waals surface area contributed by atoms with E-state index in [9.17, 15) is 14.0 Å². The molecule has 150 valence electrons. The van der Waals surface area contributed by atoms with E-state index in [0.29, 0.717) is 43.1 Å². The minimum absolute atomic E-state index is 0.0306. The Morgan fingerprint density at radius 3 is 2.43 bits per heavy atom. The van der Waals surface area contributed by atoms with Gasteiger partial charge in [0, 0.05) is 45.3 Å². The van der Waals surface area contributed by atoms with Crippen molar-refractivity contribution in [2.24, 2.45) is 0 Å². The second-order valence-electron chi connectivity index (χ2n) is 7.24. The van der Waals surface area contributed by atoms with Crippen molar-refractivity contribution in [2.75, 3.05) is 39.8 Å². The van der Waals surface area contributed by atoms with E-state index in [2.05, 4.69) is 0 Å². The van der Waals surface area contributed by atoms with Crippen LogP contribution in [-0.2, 0) is 11.3 Å². The molecular weight excluding hydrogens is 361 g/mol. The van der Waals surface area contributed by atoms with Crippen molar-refractivity contribution in [2.45, 2.75) is 20.4 Å². The molecule has 28 heavy (non-hydrogen) atoms. The average molecular weight is 387 g/mol. The summed E-state index contributed by atoms with van der Waals surface area (Å²) in [6, 6.07) is 8.24. The monoisotopic (exact) mass is 387 g/mol. The molecule has 0 bridgehead atoms. The zero-order valence-corrected chi connectivity index (χ0v) is 16.6. The molecule has 1 aliphatic rings. The normalized spacial score (nSPS) is 14.9. The first-order valence-corrected chi connectivity index (χ1v) is 9.41. The molecule has 2 heterocycles. The Labute approximate surface area is 164 Å². The molecule has 0 unspecified atom stereocenters. The van der Waals surface area contributed by atoms with E-state index in [1.54, 1.807) is 43.1 Å². The lowest BCUT2D eigenvalue weighted by atomic mass is 10.2. The number of hydrogen-bond donors (Lipinski definition) is 0. The molecule has 1 aromatic carbocycles. The van der Waals surface area contributed by atoms with Gasteiger partial charge in [-0.1, -0.05) is 18.2 Å². The van der Waals surface area contributed by atoms with Crippen molar-refractivity contribution < 1.29 is 18.4 Å². The number of piperazine rings is 1. The number of carbonyl (C=O) groups is 2. The number of halogens is 1. The second-order valence-corrected chi connectivity index (χ2v) is 7.24. The van der Waals surface area contributed by atoms with Gasteiger partial charge in [0.2, 0.25) is 5.91 Å². The van der Waals surface area contributed by atoms with Gasteiger partial charge in [-0.05, 0) is 26.0 Å².